The Morgan fingerprint density at radius 3 is 2.53 bits per heavy atom. The van der Waals surface area contributed by atoms with Crippen LogP contribution in [-0.2, 0) is 24.7 Å². The third kappa shape index (κ3) is 3.37. The molecule has 5 heteroatoms. The van der Waals surface area contributed by atoms with Crippen LogP contribution in [0.25, 0.3) is 5.57 Å². The third-order valence-electron chi connectivity index (χ3n) is 2.58. The normalized spacial score (nSPS) is 18.6. The molecule has 1 aliphatic carbocycles. The van der Waals surface area contributed by atoms with E-state index in [2.05, 4.69) is 42.5 Å². The summed E-state index contributed by atoms with van der Waals surface area (Å²) in [6, 6.07) is 8.98. The van der Waals surface area contributed by atoms with Gasteiger partial charge in [0.25, 0.3) is 0 Å². The van der Waals surface area contributed by atoms with Gasteiger partial charge in [0.2, 0.25) is 0 Å². The van der Waals surface area contributed by atoms with Crippen molar-refractivity contribution < 1.29 is 61.9 Å². The van der Waals surface area contributed by atoms with Gasteiger partial charge in [0.15, 0.2) is 0 Å². The van der Waals surface area contributed by atoms with Gasteiger partial charge in [-0.05, 0) is 0 Å². The molecule has 1 atom stereocenters. The first-order valence-electron chi connectivity index (χ1n) is 4.64. The summed E-state index contributed by atoms with van der Waals surface area (Å²) in [7, 11) is 0. The molecule has 2 aliphatic rings. The maximum atomic E-state index is 2.34. The SMILES string of the molecule is [Cl-].[Cl-].[Cl-].[Zr+3][CH]1C=CC=[C]2[Sb]=[c]3ccccc3=C21. The van der Waals surface area contributed by atoms with Gasteiger partial charge in [0.1, 0.15) is 0 Å². The van der Waals surface area contributed by atoms with Gasteiger partial charge >= 0.3 is 109 Å². The molecule has 0 nitrogen and oxygen atoms in total. The monoisotopic (exact) mass is 468 g/mol. The molecule has 1 aromatic rings. The summed E-state index contributed by atoms with van der Waals surface area (Å²) in [5.41, 5.74) is 1.65. The Morgan fingerprint density at radius 1 is 1.06 bits per heavy atom. The molecule has 0 fully saturated rings. The van der Waals surface area contributed by atoms with Crippen LogP contribution in [0.3, 0.4) is 0 Å². The van der Waals surface area contributed by atoms with Crippen LogP contribution in [-0.4, -0.2) is 21.1 Å². The van der Waals surface area contributed by atoms with Gasteiger partial charge in [-0.1, -0.05) is 0 Å². The second-order valence-corrected chi connectivity index (χ2v) is 8.37. The fourth-order valence-corrected chi connectivity index (χ4v) is 7.50. The molecule has 1 heterocycles. The molecule has 0 saturated heterocycles. The van der Waals surface area contributed by atoms with E-state index in [1.165, 1.54) is 0 Å². The van der Waals surface area contributed by atoms with Gasteiger partial charge in [0, 0.05) is 0 Å². The Kier molecular flexibility index (Phi) is 8.18. The summed E-state index contributed by atoms with van der Waals surface area (Å²) in [5, 5.41) is 1.56. The Balaban J connectivity index is 0.000000853. The second kappa shape index (κ2) is 7.66. The standard InChI is InChI=1S/C12H8.3ClH.Sb.Zr/c1-3-7-11(8-4-1)12-9-5-2-6-10-12;;;;;/h1-7,9H;3*1H;;/q;;;;;+3/p-3. The number of rotatable bonds is 0. The molecular weight excluding hydrogens is 463 g/mol. The average Bonchev–Trinajstić information content (AvgIpc) is 2.57. The molecule has 0 amide bonds. The van der Waals surface area contributed by atoms with Crippen molar-refractivity contribution in [1.82, 2.24) is 0 Å². The first-order chi connectivity index (χ1) is 6.86. The molecule has 1 unspecified atom stereocenters. The predicted octanol–water partition coefficient (Wildman–Crippen LogP) is -7.39. The Bertz CT molecular complexity index is 578. The fraction of sp³-hybridized carbons (Fsp3) is 0.0833. The summed E-state index contributed by atoms with van der Waals surface area (Å²) in [5.74, 6) is 0. The van der Waals surface area contributed by atoms with E-state index in [1.54, 1.807) is 42.1 Å². The second-order valence-electron chi connectivity index (χ2n) is 3.46. The molecule has 0 radical (unpaired) electrons. The topological polar surface area (TPSA) is 0 Å². The van der Waals surface area contributed by atoms with Crippen LogP contribution in [0, 0.1) is 3.09 Å². The zero-order valence-electron chi connectivity index (χ0n) is 8.70. The van der Waals surface area contributed by atoms with Gasteiger partial charge < -0.3 is 37.2 Å². The minimum absolute atomic E-state index is 0. The van der Waals surface area contributed by atoms with Gasteiger partial charge in [-0.15, -0.1) is 0 Å². The van der Waals surface area contributed by atoms with Crippen LogP contribution in [0.15, 0.2) is 46.0 Å². The van der Waals surface area contributed by atoms with Crippen LogP contribution in [0.5, 0.6) is 0 Å². The third-order valence-corrected chi connectivity index (χ3v) is 7.36. The van der Waals surface area contributed by atoms with E-state index in [1.807, 2.05) is 0 Å². The summed E-state index contributed by atoms with van der Waals surface area (Å²) in [6.07, 6.45) is 6.93. The predicted molar refractivity (Wildman–Crippen MR) is 55.0 cm³/mol. The van der Waals surface area contributed by atoms with E-state index in [-0.39, 0.29) is 58.4 Å². The molecule has 0 spiro atoms. The molecule has 3 rings (SSSR count). The zero-order chi connectivity index (χ0) is 9.54. The van der Waals surface area contributed by atoms with E-state index in [9.17, 15) is 0 Å². The van der Waals surface area contributed by atoms with Crippen LogP contribution < -0.4 is 42.4 Å². The molecule has 0 bridgehead atoms. The number of hydrogen-bond donors (Lipinski definition) is 0. The molecule has 86 valence electrons. The summed E-state index contributed by atoms with van der Waals surface area (Å²) in [6.45, 7) is 0. The minimum atomic E-state index is -0.249. The Hall–Kier alpha value is 1.14. The molecular formula is C12H8Cl3SbZr. The summed E-state index contributed by atoms with van der Waals surface area (Å²) < 4.78 is 4.05. The van der Waals surface area contributed by atoms with Crippen molar-refractivity contribution in [2.75, 3.05) is 0 Å². The molecule has 17 heavy (non-hydrogen) atoms. The van der Waals surface area contributed by atoms with Crippen molar-refractivity contribution >= 4 is 26.7 Å². The van der Waals surface area contributed by atoms with Crippen LogP contribution in [0.4, 0.5) is 0 Å². The first-order valence-corrected chi connectivity index (χ1v) is 8.61. The molecule has 0 aromatic heterocycles. The summed E-state index contributed by atoms with van der Waals surface area (Å²) >= 11 is 1.37. The number of hydrogen-bond acceptors (Lipinski definition) is 0. The number of fused-ring (bicyclic) bond motifs is 2. The van der Waals surface area contributed by atoms with Crippen molar-refractivity contribution in [2.24, 2.45) is 0 Å². The fourth-order valence-electron chi connectivity index (χ4n) is 1.93. The average molecular weight is 472 g/mol. The van der Waals surface area contributed by atoms with Gasteiger partial charge in [-0.25, -0.2) is 0 Å². The molecule has 0 N–H and O–H groups in total. The van der Waals surface area contributed by atoms with Crippen molar-refractivity contribution in [2.45, 2.75) is 3.63 Å². The van der Waals surface area contributed by atoms with Crippen molar-refractivity contribution in [3.8, 4) is 0 Å². The van der Waals surface area contributed by atoms with E-state index >= 15 is 0 Å². The Morgan fingerprint density at radius 2 is 1.76 bits per heavy atom. The van der Waals surface area contributed by atoms with Crippen molar-refractivity contribution in [1.29, 1.82) is 0 Å². The number of halogens is 3. The van der Waals surface area contributed by atoms with Crippen molar-refractivity contribution in [3.63, 3.8) is 0 Å². The van der Waals surface area contributed by atoms with Gasteiger partial charge in [-0.2, -0.15) is 0 Å². The van der Waals surface area contributed by atoms with Gasteiger partial charge in [-0.3, -0.25) is 0 Å². The molecule has 1 aromatic carbocycles. The van der Waals surface area contributed by atoms with Crippen LogP contribution >= 0.6 is 0 Å². The molecule has 1 aliphatic heterocycles. The number of benzene rings is 1. The number of allylic oxidation sites excluding steroid dienone is 4. The Labute approximate surface area is 145 Å². The van der Waals surface area contributed by atoms with E-state index in [0.29, 0.717) is 3.63 Å². The van der Waals surface area contributed by atoms with Crippen LogP contribution in [0.2, 0.25) is 3.63 Å². The maximum absolute atomic E-state index is 2.34. The first kappa shape index (κ1) is 18.1. The van der Waals surface area contributed by atoms with E-state index < -0.39 is 0 Å². The molecule has 0 saturated carbocycles. The van der Waals surface area contributed by atoms with E-state index in [0.717, 1.165) is 0 Å². The van der Waals surface area contributed by atoms with Crippen molar-refractivity contribution in [3.05, 3.63) is 54.3 Å². The summed E-state index contributed by atoms with van der Waals surface area (Å²) in [4.78, 5) is 0. The van der Waals surface area contributed by atoms with Crippen LogP contribution in [0.1, 0.15) is 0 Å². The van der Waals surface area contributed by atoms with Gasteiger partial charge in [0.05, 0.1) is 0 Å². The zero-order valence-corrected chi connectivity index (χ0v) is 16.0. The quantitative estimate of drug-likeness (QED) is 0.330. The van der Waals surface area contributed by atoms with E-state index in [4.69, 9.17) is 0 Å².